The maximum Gasteiger partial charge on any atom is 0.323 e. The van der Waals surface area contributed by atoms with Crippen LogP contribution in [0.3, 0.4) is 0 Å². The number of nitrogens with zero attached hydrogens (tertiary/aromatic N) is 3. The first-order chi connectivity index (χ1) is 8.10. The third kappa shape index (κ3) is 3.18. The van der Waals surface area contributed by atoms with E-state index in [1.807, 2.05) is 19.9 Å². The molecule has 0 radical (unpaired) electrons. The lowest BCUT2D eigenvalue weighted by Gasteiger charge is -2.28. The first-order valence-electron chi connectivity index (χ1n) is 5.43. The minimum atomic E-state index is -0.931. The minimum absolute atomic E-state index is 0.0214. The average molecular weight is 233 g/mol. The van der Waals surface area contributed by atoms with Gasteiger partial charge in [0, 0.05) is 12.2 Å². The highest BCUT2D eigenvalue weighted by atomic mass is 16.4. The molecule has 17 heavy (non-hydrogen) atoms. The number of nitriles is 1. The maximum absolute atomic E-state index is 10.9. The fraction of sp³-hybridized carbons (Fsp3) is 0.417. The highest BCUT2D eigenvalue weighted by molar-refractivity contribution is 5.74. The number of rotatable bonds is 5. The van der Waals surface area contributed by atoms with Crippen molar-refractivity contribution >= 4 is 11.8 Å². The molecule has 90 valence electrons. The van der Waals surface area contributed by atoms with Gasteiger partial charge in [-0.05, 0) is 25.5 Å². The number of aliphatic carboxylic acids is 1. The largest absolute Gasteiger partial charge is 0.480 e. The first kappa shape index (κ1) is 13.0. The number of carboxylic acid groups (broad SMARTS) is 1. The van der Waals surface area contributed by atoms with Crippen molar-refractivity contribution in [3.63, 3.8) is 0 Å². The summed E-state index contributed by atoms with van der Waals surface area (Å²) in [5.74, 6) is -0.494. The van der Waals surface area contributed by atoms with Crippen LogP contribution in [-0.4, -0.2) is 28.6 Å². The van der Waals surface area contributed by atoms with Crippen LogP contribution in [0.4, 0.5) is 5.82 Å². The Kier molecular flexibility index (Phi) is 4.46. The zero-order valence-corrected chi connectivity index (χ0v) is 9.92. The summed E-state index contributed by atoms with van der Waals surface area (Å²) in [5, 5.41) is 17.9. The zero-order valence-electron chi connectivity index (χ0n) is 9.92. The normalized spacial score (nSPS) is 11.6. The van der Waals surface area contributed by atoms with Crippen molar-refractivity contribution in [3.05, 3.63) is 23.9 Å². The summed E-state index contributed by atoms with van der Waals surface area (Å²) < 4.78 is 0. The number of hydrogen-bond donors (Lipinski definition) is 1. The Hall–Kier alpha value is -2.09. The Bertz CT molecular complexity index is 440. The lowest BCUT2D eigenvalue weighted by atomic mass is 10.2. The molecule has 0 saturated heterocycles. The summed E-state index contributed by atoms with van der Waals surface area (Å²) >= 11 is 0. The van der Waals surface area contributed by atoms with Crippen molar-refractivity contribution < 1.29 is 9.90 Å². The van der Waals surface area contributed by atoms with E-state index in [0.717, 1.165) is 6.42 Å². The van der Waals surface area contributed by atoms with Gasteiger partial charge < -0.3 is 10.0 Å². The Morgan fingerprint density at radius 3 is 2.94 bits per heavy atom. The highest BCUT2D eigenvalue weighted by Crippen LogP contribution is 2.19. The van der Waals surface area contributed by atoms with Crippen molar-refractivity contribution in [1.82, 2.24) is 4.98 Å². The second-order valence-electron chi connectivity index (χ2n) is 3.77. The van der Waals surface area contributed by atoms with Crippen LogP contribution in [0.1, 0.15) is 25.8 Å². The summed E-state index contributed by atoms with van der Waals surface area (Å²) in [6.07, 6.45) is 2.35. The van der Waals surface area contributed by atoms with E-state index in [-0.39, 0.29) is 12.6 Å². The lowest BCUT2D eigenvalue weighted by Crippen LogP contribution is -2.38. The molecule has 0 amide bonds. The van der Waals surface area contributed by atoms with Crippen molar-refractivity contribution in [2.45, 2.75) is 26.3 Å². The quantitative estimate of drug-likeness (QED) is 0.836. The van der Waals surface area contributed by atoms with Crippen LogP contribution in [0.2, 0.25) is 0 Å². The summed E-state index contributed by atoms with van der Waals surface area (Å²) in [6.45, 7) is 3.73. The molecule has 0 spiro atoms. The van der Waals surface area contributed by atoms with E-state index in [1.54, 1.807) is 23.2 Å². The average Bonchev–Trinajstić information content (AvgIpc) is 2.34. The molecule has 0 aromatic carbocycles. The molecule has 5 nitrogen and oxygen atoms in total. The Morgan fingerprint density at radius 2 is 2.41 bits per heavy atom. The first-order valence-corrected chi connectivity index (χ1v) is 5.43. The minimum Gasteiger partial charge on any atom is -0.480 e. The van der Waals surface area contributed by atoms with E-state index >= 15 is 0 Å². The summed E-state index contributed by atoms with van der Waals surface area (Å²) in [6, 6.07) is 5.36. The second kappa shape index (κ2) is 5.85. The fourth-order valence-corrected chi connectivity index (χ4v) is 1.52. The van der Waals surface area contributed by atoms with Gasteiger partial charge in [-0.2, -0.15) is 5.26 Å². The van der Waals surface area contributed by atoms with Gasteiger partial charge >= 0.3 is 5.97 Å². The molecule has 1 atom stereocenters. The number of aromatic nitrogens is 1. The maximum atomic E-state index is 10.9. The molecule has 0 aliphatic rings. The van der Waals surface area contributed by atoms with Gasteiger partial charge in [0.05, 0.1) is 5.56 Å². The molecule has 1 aromatic rings. The van der Waals surface area contributed by atoms with Crippen LogP contribution >= 0.6 is 0 Å². The van der Waals surface area contributed by atoms with E-state index in [9.17, 15) is 4.79 Å². The van der Waals surface area contributed by atoms with Crippen LogP contribution in [-0.2, 0) is 4.79 Å². The Morgan fingerprint density at radius 1 is 1.71 bits per heavy atom. The third-order valence-corrected chi connectivity index (χ3v) is 2.61. The zero-order chi connectivity index (χ0) is 12.8. The second-order valence-corrected chi connectivity index (χ2v) is 3.77. The van der Waals surface area contributed by atoms with Gasteiger partial charge in [-0.15, -0.1) is 0 Å². The van der Waals surface area contributed by atoms with Gasteiger partial charge in [-0.25, -0.2) is 4.98 Å². The van der Waals surface area contributed by atoms with E-state index in [2.05, 4.69) is 4.98 Å². The summed E-state index contributed by atoms with van der Waals surface area (Å²) in [5.41, 5.74) is 0.397. The molecule has 1 aromatic heterocycles. The molecule has 1 rings (SSSR count). The summed E-state index contributed by atoms with van der Waals surface area (Å²) in [4.78, 5) is 16.6. The van der Waals surface area contributed by atoms with Gasteiger partial charge in [-0.1, -0.05) is 6.92 Å². The van der Waals surface area contributed by atoms with Gasteiger partial charge in [0.1, 0.15) is 18.4 Å². The summed E-state index contributed by atoms with van der Waals surface area (Å²) in [7, 11) is 0. The SMILES string of the molecule is CCC(C)N(CC(=O)O)c1ncccc1C#N. The van der Waals surface area contributed by atoms with E-state index in [0.29, 0.717) is 11.4 Å². The molecule has 0 fully saturated rings. The topological polar surface area (TPSA) is 77.2 Å². The molecule has 5 heteroatoms. The number of carboxylic acids is 1. The lowest BCUT2D eigenvalue weighted by molar-refractivity contribution is -0.135. The molecular weight excluding hydrogens is 218 g/mol. The van der Waals surface area contributed by atoms with Crippen LogP contribution in [0.15, 0.2) is 18.3 Å². The van der Waals surface area contributed by atoms with Gasteiger partial charge in [0.25, 0.3) is 0 Å². The van der Waals surface area contributed by atoms with Crippen LogP contribution < -0.4 is 4.90 Å². The predicted octanol–water partition coefficient (Wildman–Crippen LogP) is 1.64. The molecule has 1 N–H and O–H groups in total. The van der Waals surface area contributed by atoms with E-state index in [4.69, 9.17) is 10.4 Å². The molecule has 0 saturated carbocycles. The van der Waals surface area contributed by atoms with Crippen molar-refractivity contribution in [2.75, 3.05) is 11.4 Å². The van der Waals surface area contributed by atoms with Crippen molar-refractivity contribution in [3.8, 4) is 6.07 Å². The number of carbonyl (C=O) groups is 1. The van der Waals surface area contributed by atoms with Gasteiger partial charge in [-0.3, -0.25) is 4.79 Å². The van der Waals surface area contributed by atoms with E-state index < -0.39 is 5.97 Å². The number of anilines is 1. The monoisotopic (exact) mass is 233 g/mol. The molecular formula is C12H15N3O2. The molecule has 0 aliphatic heterocycles. The van der Waals surface area contributed by atoms with E-state index in [1.165, 1.54) is 0 Å². The van der Waals surface area contributed by atoms with Crippen LogP contribution in [0.5, 0.6) is 0 Å². The van der Waals surface area contributed by atoms with Gasteiger partial charge in [0.15, 0.2) is 0 Å². The molecule has 0 aliphatic carbocycles. The van der Waals surface area contributed by atoms with Gasteiger partial charge in [0.2, 0.25) is 0 Å². The van der Waals surface area contributed by atoms with Crippen molar-refractivity contribution in [1.29, 1.82) is 5.26 Å². The fourth-order valence-electron chi connectivity index (χ4n) is 1.52. The predicted molar refractivity (Wildman–Crippen MR) is 63.7 cm³/mol. The Labute approximate surface area is 100 Å². The molecule has 1 heterocycles. The highest BCUT2D eigenvalue weighted by Gasteiger charge is 2.19. The standard InChI is InChI=1S/C12H15N3O2/c1-3-9(2)15(8-11(16)17)12-10(7-13)5-4-6-14-12/h4-6,9H,3,8H2,1-2H3,(H,16,17). The van der Waals surface area contributed by atoms with Crippen LogP contribution in [0.25, 0.3) is 0 Å². The molecule has 0 bridgehead atoms. The third-order valence-electron chi connectivity index (χ3n) is 2.61. The smallest absolute Gasteiger partial charge is 0.323 e. The molecule has 1 unspecified atom stereocenters. The Balaban J connectivity index is 3.12. The van der Waals surface area contributed by atoms with Crippen LogP contribution in [0, 0.1) is 11.3 Å². The number of hydrogen-bond acceptors (Lipinski definition) is 4. The number of pyridine rings is 1. The van der Waals surface area contributed by atoms with Crippen molar-refractivity contribution in [2.24, 2.45) is 0 Å².